The van der Waals surface area contributed by atoms with Gasteiger partial charge in [-0.15, -0.1) is 0 Å². The van der Waals surface area contributed by atoms with Crippen LogP contribution in [0.3, 0.4) is 0 Å². The Hall–Kier alpha value is -0.800. The molecule has 0 aliphatic rings. The molecule has 1 atom stereocenters. The molecule has 0 fully saturated rings. The minimum atomic E-state index is -2.62. The van der Waals surface area contributed by atoms with E-state index in [4.69, 9.17) is 0 Å². The smallest absolute Gasteiger partial charge is 0.105 e. The van der Waals surface area contributed by atoms with Crippen LogP contribution < -0.4 is 0 Å². The summed E-state index contributed by atoms with van der Waals surface area (Å²) in [5.74, 6) is 3.39. The van der Waals surface area contributed by atoms with Gasteiger partial charge in [-0.05, 0) is 18.9 Å². The van der Waals surface area contributed by atoms with Gasteiger partial charge in [0.15, 0.2) is 0 Å². The van der Waals surface area contributed by atoms with Crippen LogP contribution in [0.4, 0.5) is 0 Å². The maximum absolute atomic E-state index is 11.4. The van der Waals surface area contributed by atoms with E-state index in [9.17, 15) is 4.21 Å². The fourth-order valence-electron chi connectivity index (χ4n) is 0.446. The van der Waals surface area contributed by atoms with Crippen molar-refractivity contribution >= 4 is 15.7 Å². The molecule has 0 rings (SSSR count). The van der Waals surface area contributed by atoms with Crippen LogP contribution in [0.15, 0.2) is 35.8 Å². The zero-order valence-electron chi connectivity index (χ0n) is 7.50. The molecule has 1 unspecified atom stereocenters. The molecular weight excluding hydrogens is 172 g/mol. The van der Waals surface area contributed by atoms with E-state index in [1.54, 1.807) is 12.2 Å². The Balaban J connectivity index is 4.55. The molecule has 0 saturated heterocycles. The second-order valence-electron chi connectivity index (χ2n) is 2.43. The van der Waals surface area contributed by atoms with Gasteiger partial charge >= 0.3 is 0 Å². The fraction of sp³-hybridized carbons (Fsp3) is 0.222. The summed E-state index contributed by atoms with van der Waals surface area (Å²) in [6.45, 7) is 9.07. The summed E-state index contributed by atoms with van der Waals surface area (Å²) >= 11 is 0. The first-order chi connectivity index (χ1) is 5.40. The summed E-state index contributed by atoms with van der Waals surface area (Å²) in [6.07, 6.45) is 3.31. The molecule has 0 saturated carbocycles. The molecule has 0 radical (unpaired) electrons. The van der Waals surface area contributed by atoms with Crippen molar-refractivity contribution in [3.8, 4) is 0 Å². The van der Waals surface area contributed by atoms with Crippen molar-refractivity contribution < 1.29 is 8.39 Å². The van der Waals surface area contributed by atoms with Crippen LogP contribution >= 0.6 is 0 Å². The Morgan fingerprint density at radius 2 is 1.92 bits per heavy atom. The van der Waals surface area contributed by atoms with E-state index >= 15 is 0 Å². The number of rotatable bonds is 4. The van der Waals surface area contributed by atoms with Gasteiger partial charge in [0.2, 0.25) is 0 Å². The van der Waals surface area contributed by atoms with Gasteiger partial charge in [-0.25, -0.2) is 4.21 Å². The zero-order valence-corrected chi connectivity index (χ0v) is 8.32. The second kappa shape index (κ2) is 4.28. The molecule has 0 aliphatic heterocycles. The minimum Gasteiger partial charge on any atom is -0.298 e. The average Bonchev–Trinajstić information content (AvgIpc) is 2.00. The molecule has 0 aromatic carbocycles. The third kappa shape index (κ3) is 3.55. The lowest BCUT2D eigenvalue weighted by Crippen LogP contribution is -2.02. The minimum absolute atomic E-state index is 0.369. The molecular formula is C9H14O2S. The van der Waals surface area contributed by atoms with Crippen molar-refractivity contribution in [3.63, 3.8) is 0 Å². The van der Waals surface area contributed by atoms with Crippen molar-refractivity contribution in [1.82, 2.24) is 0 Å². The van der Waals surface area contributed by atoms with E-state index in [-0.39, 0.29) is 0 Å². The first kappa shape index (κ1) is 11.2. The molecule has 0 amide bonds. The first-order valence-corrected chi connectivity index (χ1v) is 5.00. The van der Waals surface area contributed by atoms with Crippen molar-refractivity contribution in [1.29, 1.82) is 0 Å². The summed E-state index contributed by atoms with van der Waals surface area (Å²) in [6, 6.07) is 0. The van der Waals surface area contributed by atoms with Gasteiger partial charge < -0.3 is 0 Å². The lowest BCUT2D eigenvalue weighted by atomic mass is 10.3. The highest BCUT2D eigenvalue weighted by Gasteiger charge is 2.02. The van der Waals surface area contributed by atoms with Gasteiger partial charge in [-0.2, -0.15) is 0 Å². The quantitative estimate of drug-likeness (QED) is 0.495. The molecule has 0 heterocycles. The Labute approximate surface area is 74.5 Å². The third-order valence-electron chi connectivity index (χ3n) is 1.22. The molecule has 0 aliphatic carbocycles. The van der Waals surface area contributed by atoms with Crippen LogP contribution in [0.5, 0.6) is 0 Å². The predicted octanol–water partition coefficient (Wildman–Crippen LogP) is 1.91. The van der Waals surface area contributed by atoms with Crippen LogP contribution in [0.2, 0.25) is 0 Å². The highest BCUT2D eigenvalue weighted by atomic mass is 32.2. The van der Waals surface area contributed by atoms with E-state index in [0.717, 1.165) is 5.57 Å². The number of hydrogen-bond donors (Lipinski definition) is 0. The summed E-state index contributed by atoms with van der Waals surface area (Å²) < 4.78 is 16.0. The standard InChI is InChI=1S/C9H14O2S/c1-8(2)6-7-9(3)12(5,10)11-4/h6-7H,1,3,5H2,2,4H3. The van der Waals surface area contributed by atoms with Crippen molar-refractivity contribution in [2.24, 2.45) is 0 Å². The maximum atomic E-state index is 11.4. The van der Waals surface area contributed by atoms with Gasteiger partial charge in [0.1, 0.15) is 9.80 Å². The van der Waals surface area contributed by atoms with Gasteiger partial charge in [-0.3, -0.25) is 4.18 Å². The Morgan fingerprint density at radius 3 is 2.25 bits per heavy atom. The molecule has 0 N–H and O–H groups in total. The van der Waals surface area contributed by atoms with E-state index in [2.05, 4.69) is 23.2 Å². The molecule has 0 bridgehead atoms. The first-order valence-electron chi connectivity index (χ1n) is 3.35. The van der Waals surface area contributed by atoms with Crippen LogP contribution in [-0.4, -0.2) is 17.2 Å². The summed E-state index contributed by atoms with van der Waals surface area (Å²) in [5, 5.41) is 0. The monoisotopic (exact) mass is 186 g/mol. The predicted molar refractivity (Wildman–Crippen MR) is 55.4 cm³/mol. The number of hydrogen-bond acceptors (Lipinski definition) is 2. The average molecular weight is 186 g/mol. The molecule has 0 spiro atoms. The van der Waals surface area contributed by atoms with Crippen LogP contribution in [0, 0.1) is 0 Å². The van der Waals surface area contributed by atoms with Crippen LogP contribution in [-0.2, 0) is 14.0 Å². The largest absolute Gasteiger partial charge is 0.298 e. The third-order valence-corrected chi connectivity index (χ3v) is 2.70. The van der Waals surface area contributed by atoms with E-state index < -0.39 is 9.80 Å². The normalized spacial score (nSPS) is 15.8. The van der Waals surface area contributed by atoms with Crippen LogP contribution in [0.1, 0.15) is 6.92 Å². The van der Waals surface area contributed by atoms with E-state index in [1.807, 2.05) is 6.92 Å². The molecule has 12 heavy (non-hydrogen) atoms. The van der Waals surface area contributed by atoms with Crippen molar-refractivity contribution in [2.75, 3.05) is 7.11 Å². The van der Waals surface area contributed by atoms with Gasteiger partial charge in [0.25, 0.3) is 0 Å². The van der Waals surface area contributed by atoms with E-state index in [0.29, 0.717) is 4.91 Å². The SMILES string of the molecule is C=C(C)C=CC(=C)S(=C)(=O)OC. The van der Waals surface area contributed by atoms with Gasteiger partial charge in [-0.1, -0.05) is 24.8 Å². The van der Waals surface area contributed by atoms with E-state index in [1.165, 1.54) is 7.11 Å². The molecule has 68 valence electrons. The molecule has 3 heteroatoms. The second-order valence-corrected chi connectivity index (χ2v) is 4.51. The fourth-order valence-corrected chi connectivity index (χ4v) is 0.935. The van der Waals surface area contributed by atoms with Crippen LogP contribution in [0.25, 0.3) is 0 Å². The lowest BCUT2D eigenvalue weighted by molar-refractivity contribution is 0.448. The summed E-state index contributed by atoms with van der Waals surface area (Å²) in [5.41, 5.74) is 0.863. The van der Waals surface area contributed by atoms with Crippen molar-refractivity contribution in [3.05, 3.63) is 35.8 Å². The Morgan fingerprint density at radius 1 is 1.42 bits per heavy atom. The zero-order chi connectivity index (χ0) is 9.78. The molecule has 0 aromatic heterocycles. The maximum Gasteiger partial charge on any atom is 0.105 e. The summed E-state index contributed by atoms with van der Waals surface area (Å²) in [7, 11) is -1.27. The highest BCUT2D eigenvalue weighted by Crippen LogP contribution is 2.07. The number of allylic oxidation sites excluding steroid dienone is 3. The van der Waals surface area contributed by atoms with Crippen molar-refractivity contribution in [2.45, 2.75) is 6.92 Å². The topological polar surface area (TPSA) is 26.3 Å². The molecule has 0 aromatic rings. The summed E-state index contributed by atoms with van der Waals surface area (Å²) in [4.78, 5) is 0.369. The lowest BCUT2D eigenvalue weighted by Gasteiger charge is -2.04. The highest BCUT2D eigenvalue weighted by molar-refractivity contribution is 7.99. The van der Waals surface area contributed by atoms with Gasteiger partial charge in [0.05, 0.1) is 7.11 Å². The Kier molecular flexibility index (Phi) is 4.00. The Bertz CT molecular complexity index is 307. The molecule has 2 nitrogen and oxygen atoms in total. The van der Waals surface area contributed by atoms with Gasteiger partial charge in [0, 0.05) is 4.91 Å².